The summed E-state index contributed by atoms with van der Waals surface area (Å²) in [5, 5.41) is 11.3. The molecule has 0 bridgehead atoms. The minimum atomic E-state index is -0.796. The zero-order chi connectivity index (χ0) is 22.8. The van der Waals surface area contributed by atoms with Crippen LogP contribution in [0.1, 0.15) is 22.7 Å². The monoisotopic (exact) mass is 429 g/mol. The Balaban J connectivity index is 1.97. The fraction of sp³-hybridized carbons (Fsp3) is 0.154. The van der Waals surface area contributed by atoms with Gasteiger partial charge >= 0.3 is 0 Å². The van der Waals surface area contributed by atoms with Gasteiger partial charge in [0.05, 0.1) is 31.4 Å². The molecule has 1 heterocycles. The van der Waals surface area contributed by atoms with Gasteiger partial charge in [0.15, 0.2) is 0 Å². The molecule has 1 aliphatic rings. The molecule has 1 fully saturated rings. The van der Waals surface area contributed by atoms with Crippen LogP contribution in [0, 0.1) is 6.92 Å². The molecular formula is C26H23NO5. The topological polar surface area (TPSA) is 76.1 Å². The highest BCUT2D eigenvalue weighted by Gasteiger charge is 2.47. The van der Waals surface area contributed by atoms with Gasteiger partial charge < -0.3 is 14.6 Å². The predicted molar refractivity (Wildman–Crippen MR) is 122 cm³/mol. The standard InChI is InChI=1S/C26H23NO5/c1-16-9-11-18(12-10-16)27-23(17-7-5-4-6-8-17)22(25(29)26(27)30)24(28)20-15-19(31-2)13-14-21(20)32-3/h4-15,23,28H,1-3H3/b24-22+. The van der Waals surface area contributed by atoms with Gasteiger partial charge in [-0.3, -0.25) is 14.5 Å². The predicted octanol–water partition coefficient (Wildman–Crippen LogP) is 4.64. The Kier molecular flexibility index (Phi) is 5.69. The second-order valence-corrected chi connectivity index (χ2v) is 7.48. The Labute approximate surface area is 186 Å². The fourth-order valence-electron chi connectivity index (χ4n) is 3.90. The van der Waals surface area contributed by atoms with Crippen LogP contribution in [0.15, 0.2) is 78.4 Å². The number of carbonyl (C=O) groups is 2. The molecule has 4 rings (SSSR count). The van der Waals surface area contributed by atoms with Crippen LogP contribution in [0.5, 0.6) is 11.5 Å². The summed E-state index contributed by atoms with van der Waals surface area (Å²) in [4.78, 5) is 27.8. The second kappa shape index (κ2) is 8.59. The van der Waals surface area contributed by atoms with Gasteiger partial charge in [-0.15, -0.1) is 0 Å². The van der Waals surface area contributed by atoms with E-state index in [4.69, 9.17) is 9.47 Å². The molecule has 3 aromatic rings. The van der Waals surface area contributed by atoms with Gasteiger partial charge in [-0.05, 0) is 42.8 Å². The van der Waals surface area contributed by atoms with E-state index in [1.54, 1.807) is 30.3 Å². The van der Waals surface area contributed by atoms with Crippen LogP contribution in [0.2, 0.25) is 0 Å². The fourth-order valence-corrected chi connectivity index (χ4v) is 3.90. The van der Waals surface area contributed by atoms with E-state index in [2.05, 4.69) is 0 Å². The van der Waals surface area contributed by atoms with Gasteiger partial charge in [0.2, 0.25) is 0 Å². The molecule has 0 saturated carbocycles. The summed E-state index contributed by atoms with van der Waals surface area (Å²) in [6, 6.07) is 20.6. The molecular weight excluding hydrogens is 406 g/mol. The van der Waals surface area contributed by atoms with Crippen molar-refractivity contribution in [3.63, 3.8) is 0 Å². The number of ether oxygens (including phenoxy) is 2. The molecule has 32 heavy (non-hydrogen) atoms. The van der Waals surface area contributed by atoms with E-state index in [1.165, 1.54) is 19.1 Å². The number of hydrogen-bond acceptors (Lipinski definition) is 5. The summed E-state index contributed by atoms with van der Waals surface area (Å²) in [5.74, 6) is -0.941. The highest BCUT2D eigenvalue weighted by molar-refractivity contribution is 6.51. The third kappa shape index (κ3) is 3.60. The van der Waals surface area contributed by atoms with Gasteiger partial charge in [0.1, 0.15) is 17.3 Å². The number of nitrogens with zero attached hydrogens (tertiary/aromatic N) is 1. The molecule has 0 aliphatic carbocycles. The Morgan fingerprint density at radius 1 is 0.906 bits per heavy atom. The maximum atomic E-state index is 13.2. The number of rotatable bonds is 5. The Hall–Kier alpha value is -4.06. The first-order valence-corrected chi connectivity index (χ1v) is 10.1. The first-order chi connectivity index (χ1) is 15.5. The normalized spacial score (nSPS) is 17.5. The van der Waals surface area contributed by atoms with E-state index >= 15 is 0 Å². The van der Waals surface area contributed by atoms with Crippen LogP contribution >= 0.6 is 0 Å². The third-order valence-corrected chi connectivity index (χ3v) is 5.53. The molecule has 0 spiro atoms. The van der Waals surface area contributed by atoms with Crippen LogP contribution in [-0.4, -0.2) is 31.0 Å². The molecule has 6 heteroatoms. The zero-order valence-electron chi connectivity index (χ0n) is 18.0. The van der Waals surface area contributed by atoms with Gasteiger partial charge in [-0.1, -0.05) is 48.0 Å². The van der Waals surface area contributed by atoms with Crippen LogP contribution < -0.4 is 14.4 Å². The summed E-state index contributed by atoms with van der Waals surface area (Å²) < 4.78 is 10.7. The number of aliphatic hydroxyl groups excluding tert-OH is 1. The van der Waals surface area contributed by atoms with Crippen molar-refractivity contribution in [2.75, 3.05) is 19.1 Å². The Morgan fingerprint density at radius 3 is 2.22 bits per heavy atom. The number of aryl methyl sites for hydroxylation is 1. The lowest BCUT2D eigenvalue weighted by atomic mass is 9.94. The molecule has 1 saturated heterocycles. The maximum absolute atomic E-state index is 13.2. The zero-order valence-corrected chi connectivity index (χ0v) is 18.0. The molecule has 1 amide bonds. The number of carbonyl (C=O) groups excluding carboxylic acids is 2. The van der Waals surface area contributed by atoms with Crippen LogP contribution in [0.3, 0.4) is 0 Å². The quantitative estimate of drug-likeness (QED) is 0.363. The lowest BCUT2D eigenvalue weighted by Gasteiger charge is -2.25. The molecule has 0 radical (unpaired) electrons. The van der Waals surface area contributed by atoms with E-state index in [0.29, 0.717) is 22.7 Å². The molecule has 1 atom stereocenters. The number of methoxy groups -OCH3 is 2. The van der Waals surface area contributed by atoms with Crippen molar-refractivity contribution in [3.8, 4) is 11.5 Å². The Morgan fingerprint density at radius 2 is 1.59 bits per heavy atom. The second-order valence-electron chi connectivity index (χ2n) is 7.48. The van der Waals surface area contributed by atoms with Crippen molar-refractivity contribution in [1.82, 2.24) is 0 Å². The van der Waals surface area contributed by atoms with E-state index in [1.807, 2.05) is 49.4 Å². The third-order valence-electron chi connectivity index (χ3n) is 5.53. The first kappa shape index (κ1) is 21.2. The number of benzene rings is 3. The minimum Gasteiger partial charge on any atom is -0.507 e. The van der Waals surface area contributed by atoms with Gasteiger partial charge in [0.25, 0.3) is 11.7 Å². The summed E-state index contributed by atoms with van der Waals surface area (Å²) >= 11 is 0. The number of amides is 1. The molecule has 1 N–H and O–H groups in total. The van der Waals surface area contributed by atoms with Crippen molar-refractivity contribution in [3.05, 3.63) is 95.1 Å². The van der Waals surface area contributed by atoms with Crippen LogP contribution in [0.4, 0.5) is 5.69 Å². The van der Waals surface area contributed by atoms with Crippen LogP contribution in [-0.2, 0) is 9.59 Å². The van der Waals surface area contributed by atoms with Gasteiger partial charge in [-0.25, -0.2) is 0 Å². The van der Waals surface area contributed by atoms with E-state index in [0.717, 1.165) is 5.56 Å². The highest BCUT2D eigenvalue weighted by atomic mass is 16.5. The maximum Gasteiger partial charge on any atom is 0.300 e. The van der Waals surface area contributed by atoms with Gasteiger partial charge in [-0.2, -0.15) is 0 Å². The smallest absolute Gasteiger partial charge is 0.300 e. The first-order valence-electron chi connectivity index (χ1n) is 10.1. The SMILES string of the molecule is COc1ccc(OC)c(/C(O)=C2\C(=O)C(=O)N(c3ccc(C)cc3)C2c2ccccc2)c1. The van der Waals surface area contributed by atoms with Crippen molar-refractivity contribution in [2.45, 2.75) is 13.0 Å². The lowest BCUT2D eigenvalue weighted by molar-refractivity contribution is -0.132. The molecule has 3 aromatic carbocycles. The van der Waals surface area contributed by atoms with Crippen molar-refractivity contribution < 1.29 is 24.2 Å². The molecule has 162 valence electrons. The number of hydrogen-bond donors (Lipinski definition) is 1. The van der Waals surface area contributed by atoms with Crippen molar-refractivity contribution in [1.29, 1.82) is 0 Å². The summed E-state index contributed by atoms with van der Waals surface area (Å²) in [7, 11) is 2.98. The van der Waals surface area contributed by atoms with Crippen molar-refractivity contribution >= 4 is 23.1 Å². The largest absolute Gasteiger partial charge is 0.507 e. The highest BCUT2D eigenvalue weighted by Crippen LogP contribution is 2.43. The minimum absolute atomic E-state index is 0.00618. The van der Waals surface area contributed by atoms with Gasteiger partial charge in [0, 0.05) is 5.69 Å². The number of aliphatic hydroxyl groups is 1. The summed E-state index contributed by atoms with van der Waals surface area (Å²) in [6.07, 6.45) is 0. The molecule has 1 unspecified atom stereocenters. The summed E-state index contributed by atoms with van der Waals surface area (Å²) in [6.45, 7) is 1.95. The van der Waals surface area contributed by atoms with E-state index in [9.17, 15) is 14.7 Å². The van der Waals surface area contributed by atoms with E-state index in [-0.39, 0.29) is 16.9 Å². The molecule has 6 nitrogen and oxygen atoms in total. The van der Waals surface area contributed by atoms with E-state index < -0.39 is 17.7 Å². The molecule has 1 aliphatic heterocycles. The van der Waals surface area contributed by atoms with Crippen molar-refractivity contribution in [2.24, 2.45) is 0 Å². The number of Topliss-reactive ketones (excluding diaryl/α,β-unsaturated/α-hetero) is 1. The molecule has 0 aromatic heterocycles. The number of anilines is 1. The van der Waals surface area contributed by atoms with Crippen LogP contribution in [0.25, 0.3) is 5.76 Å². The Bertz CT molecular complexity index is 1200. The average Bonchev–Trinajstić information content (AvgIpc) is 3.09. The summed E-state index contributed by atoms with van der Waals surface area (Å²) in [5.41, 5.74) is 2.57. The lowest BCUT2D eigenvalue weighted by Crippen LogP contribution is -2.29. The number of ketones is 1. The average molecular weight is 429 g/mol.